The molecule has 0 aromatic carbocycles. The molecule has 1 unspecified atom stereocenters. The van der Waals surface area contributed by atoms with E-state index in [9.17, 15) is 13.2 Å². The zero-order valence-corrected chi connectivity index (χ0v) is 11.1. The third kappa shape index (κ3) is 2.75. The van der Waals surface area contributed by atoms with E-state index in [2.05, 4.69) is 0 Å². The summed E-state index contributed by atoms with van der Waals surface area (Å²) in [4.78, 5) is 11.0. The third-order valence-corrected chi connectivity index (χ3v) is 5.53. The predicted molar refractivity (Wildman–Crippen MR) is 63.0 cm³/mol. The second kappa shape index (κ2) is 4.73. The van der Waals surface area contributed by atoms with Crippen LogP contribution in [-0.4, -0.2) is 19.5 Å². The van der Waals surface area contributed by atoms with Crippen molar-refractivity contribution in [3.8, 4) is 0 Å². The summed E-state index contributed by atoms with van der Waals surface area (Å²) in [5, 5.41) is 8.96. The molecule has 0 spiro atoms. The van der Waals surface area contributed by atoms with Gasteiger partial charge in [-0.15, -0.1) is 11.3 Å². The lowest BCUT2D eigenvalue weighted by Gasteiger charge is -2.06. The van der Waals surface area contributed by atoms with E-state index in [4.69, 9.17) is 15.8 Å². The number of hydrogen-bond acceptors (Lipinski definition) is 4. The van der Waals surface area contributed by atoms with Crippen molar-refractivity contribution in [1.29, 1.82) is 0 Å². The Morgan fingerprint density at radius 2 is 2.19 bits per heavy atom. The van der Waals surface area contributed by atoms with E-state index in [1.165, 1.54) is 6.07 Å². The lowest BCUT2D eigenvalue weighted by atomic mass is 9.99. The Hall–Kier alpha value is -0.590. The van der Waals surface area contributed by atoms with Crippen LogP contribution >= 0.6 is 22.0 Å². The van der Waals surface area contributed by atoms with Crippen LogP contribution in [0.5, 0.6) is 0 Å². The molecule has 1 aromatic rings. The molecule has 0 aliphatic carbocycles. The molecule has 0 amide bonds. The Morgan fingerprint density at radius 1 is 1.62 bits per heavy atom. The van der Waals surface area contributed by atoms with Crippen LogP contribution in [0.2, 0.25) is 0 Å². The maximum absolute atomic E-state index is 11.1. The number of halogens is 1. The summed E-state index contributed by atoms with van der Waals surface area (Å²) in [6, 6.07) is 1.35. The Labute approximate surface area is 102 Å². The first-order valence-electron chi connectivity index (χ1n) is 4.59. The van der Waals surface area contributed by atoms with E-state index < -0.39 is 15.0 Å². The van der Waals surface area contributed by atoms with Crippen LogP contribution in [0.4, 0.5) is 0 Å². The first kappa shape index (κ1) is 13.5. The average molecular weight is 283 g/mol. The highest BCUT2D eigenvalue weighted by molar-refractivity contribution is 8.15. The lowest BCUT2D eigenvalue weighted by molar-refractivity contribution is 0.0700. The molecule has 1 N–H and O–H groups in total. The molecule has 0 bridgehead atoms. The van der Waals surface area contributed by atoms with Crippen molar-refractivity contribution in [3.63, 3.8) is 0 Å². The first-order valence-corrected chi connectivity index (χ1v) is 7.71. The van der Waals surface area contributed by atoms with Crippen LogP contribution < -0.4 is 0 Å². The standard InChI is InChI=1S/C9H11ClO4S2/c1-3-5(2)6-4-7(16(10,13)14)15-8(6)9(11)12/h4-5H,3H2,1-2H3,(H,11,12). The summed E-state index contributed by atoms with van der Waals surface area (Å²) in [6.45, 7) is 3.75. The Balaban J connectivity index is 3.37. The van der Waals surface area contributed by atoms with Gasteiger partial charge in [-0.25, -0.2) is 13.2 Å². The fraction of sp³-hybridized carbons (Fsp3) is 0.444. The van der Waals surface area contributed by atoms with Gasteiger partial charge in [-0.1, -0.05) is 13.8 Å². The van der Waals surface area contributed by atoms with Gasteiger partial charge >= 0.3 is 5.97 Å². The van der Waals surface area contributed by atoms with Crippen molar-refractivity contribution in [2.45, 2.75) is 30.4 Å². The molecule has 0 aliphatic heterocycles. The lowest BCUT2D eigenvalue weighted by Crippen LogP contribution is -2.00. The highest BCUT2D eigenvalue weighted by atomic mass is 35.7. The molecule has 90 valence electrons. The molecular formula is C9H11ClO4S2. The van der Waals surface area contributed by atoms with Gasteiger partial charge in [0.1, 0.15) is 9.09 Å². The molecule has 4 nitrogen and oxygen atoms in total. The normalized spacial score (nSPS) is 13.7. The highest BCUT2D eigenvalue weighted by Crippen LogP contribution is 2.34. The van der Waals surface area contributed by atoms with E-state index >= 15 is 0 Å². The number of aromatic carboxylic acids is 1. The molecule has 0 fully saturated rings. The largest absolute Gasteiger partial charge is 0.477 e. The van der Waals surface area contributed by atoms with Gasteiger partial charge in [-0.2, -0.15) is 0 Å². The zero-order valence-electron chi connectivity index (χ0n) is 8.73. The van der Waals surface area contributed by atoms with Crippen molar-refractivity contribution in [2.75, 3.05) is 0 Å². The van der Waals surface area contributed by atoms with Crippen LogP contribution in [0.3, 0.4) is 0 Å². The minimum atomic E-state index is -3.85. The molecule has 1 aromatic heterocycles. The van der Waals surface area contributed by atoms with Gasteiger partial charge in [-0.3, -0.25) is 0 Å². The van der Waals surface area contributed by atoms with Gasteiger partial charge in [0.2, 0.25) is 0 Å². The molecule has 7 heteroatoms. The summed E-state index contributed by atoms with van der Waals surface area (Å²) < 4.78 is 22.1. The maximum Gasteiger partial charge on any atom is 0.346 e. The number of carboxylic acids is 1. The Morgan fingerprint density at radius 3 is 2.56 bits per heavy atom. The summed E-state index contributed by atoms with van der Waals surface area (Å²) in [5.41, 5.74) is 0.527. The molecular weight excluding hydrogens is 272 g/mol. The van der Waals surface area contributed by atoms with Gasteiger partial charge in [-0.05, 0) is 24.0 Å². The van der Waals surface area contributed by atoms with Gasteiger partial charge in [0.25, 0.3) is 9.05 Å². The molecule has 16 heavy (non-hydrogen) atoms. The average Bonchev–Trinajstić information content (AvgIpc) is 2.60. The molecule has 0 radical (unpaired) electrons. The fourth-order valence-electron chi connectivity index (χ4n) is 1.25. The molecule has 0 saturated carbocycles. The maximum atomic E-state index is 11.1. The van der Waals surface area contributed by atoms with Crippen molar-refractivity contribution < 1.29 is 18.3 Å². The smallest absolute Gasteiger partial charge is 0.346 e. The number of thiophene rings is 1. The number of carboxylic acid groups (broad SMARTS) is 1. The molecule has 1 heterocycles. The summed E-state index contributed by atoms with van der Waals surface area (Å²) in [6.07, 6.45) is 0.735. The van der Waals surface area contributed by atoms with Crippen molar-refractivity contribution in [3.05, 3.63) is 16.5 Å². The van der Waals surface area contributed by atoms with Gasteiger partial charge in [0.05, 0.1) is 0 Å². The third-order valence-electron chi connectivity index (χ3n) is 2.32. The monoisotopic (exact) mass is 282 g/mol. The van der Waals surface area contributed by atoms with Gasteiger partial charge in [0, 0.05) is 10.7 Å². The molecule has 0 saturated heterocycles. The summed E-state index contributed by atoms with van der Waals surface area (Å²) in [5.74, 6) is -1.12. The number of rotatable bonds is 4. The molecule has 1 atom stereocenters. The summed E-state index contributed by atoms with van der Waals surface area (Å²) >= 11 is 0.699. The van der Waals surface area contributed by atoms with Crippen molar-refractivity contribution in [1.82, 2.24) is 0 Å². The second-order valence-electron chi connectivity index (χ2n) is 3.40. The Kier molecular flexibility index (Phi) is 3.98. The van der Waals surface area contributed by atoms with Crippen LogP contribution in [-0.2, 0) is 9.05 Å². The minimum absolute atomic E-state index is 0.00508. The van der Waals surface area contributed by atoms with E-state index in [-0.39, 0.29) is 15.0 Å². The van der Waals surface area contributed by atoms with Gasteiger partial charge in [0.15, 0.2) is 0 Å². The molecule has 0 aliphatic rings. The Bertz CT molecular complexity index is 504. The van der Waals surface area contributed by atoms with E-state index in [0.29, 0.717) is 16.9 Å². The quantitative estimate of drug-likeness (QED) is 0.862. The fourth-order valence-corrected chi connectivity index (χ4v) is 3.44. The minimum Gasteiger partial charge on any atom is -0.477 e. The van der Waals surface area contributed by atoms with Crippen LogP contribution in [0, 0.1) is 0 Å². The zero-order chi connectivity index (χ0) is 12.5. The van der Waals surface area contributed by atoms with Gasteiger partial charge < -0.3 is 5.11 Å². The van der Waals surface area contributed by atoms with Crippen LogP contribution in [0.1, 0.15) is 41.4 Å². The summed E-state index contributed by atoms with van der Waals surface area (Å²) in [7, 11) is 1.33. The van der Waals surface area contributed by atoms with Crippen molar-refractivity contribution >= 4 is 37.0 Å². The van der Waals surface area contributed by atoms with Crippen LogP contribution in [0.25, 0.3) is 0 Å². The SMILES string of the molecule is CCC(C)c1cc(S(=O)(=O)Cl)sc1C(=O)O. The predicted octanol–water partition coefficient (Wildman–Crippen LogP) is 2.89. The van der Waals surface area contributed by atoms with E-state index in [1.54, 1.807) is 0 Å². The van der Waals surface area contributed by atoms with Crippen molar-refractivity contribution in [2.24, 2.45) is 0 Å². The first-order chi connectivity index (χ1) is 7.27. The molecule has 1 rings (SSSR count). The van der Waals surface area contributed by atoms with Crippen LogP contribution in [0.15, 0.2) is 10.3 Å². The second-order valence-corrected chi connectivity index (χ2v) is 7.25. The van der Waals surface area contributed by atoms with E-state index in [1.807, 2.05) is 13.8 Å². The van der Waals surface area contributed by atoms with E-state index in [0.717, 1.165) is 6.42 Å². The number of hydrogen-bond donors (Lipinski definition) is 1. The highest BCUT2D eigenvalue weighted by Gasteiger charge is 2.23. The topological polar surface area (TPSA) is 71.4 Å². The number of carbonyl (C=O) groups is 1.